The fourth-order valence-corrected chi connectivity index (χ4v) is 8.04. The molecule has 1 aliphatic carbocycles. The summed E-state index contributed by atoms with van der Waals surface area (Å²) in [6, 6.07) is 39.2. The molecule has 0 unspecified atom stereocenters. The lowest BCUT2D eigenvalue weighted by Crippen LogP contribution is -2.27. The molecule has 0 saturated carbocycles. The van der Waals surface area contributed by atoms with E-state index in [1.54, 1.807) is 0 Å². The quantitative estimate of drug-likeness (QED) is 0.183. The second-order valence-electron chi connectivity index (χ2n) is 14.1. The highest BCUT2D eigenvalue weighted by molar-refractivity contribution is 6.32. The zero-order valence-electron chi connectivity index (χ0n) is 28.0. The SMILES string of the molecule is CC1(C)C(/C=C/C2=C(Cl)C(=C\C=C3\N(Cc4ccccc4)c4ccccc4C3(C)C)/CCC2)=[N+](Cc2ccccc2)c2ccccc21. The van der Waals surface area contributed by atoms with E-state index in [0.29, 0.717) is 0 Å². The molecule has 4 aromatic carbocycles. The van der Waals surface area contributed by atoms with E-state index in [4.69, 9.17) is 11.6 Å². The lowest BCUT2D eigenvalue weighted by atomic mass is 9.81. The van der Waals surface area contributed by atoms with Crippen LogP contribution >= 0.6 is 11.6 Å². The summed E-state index contributed by atoms with van der Waals surface area (Å²) in [5.74, 6) is 0. The van der Waals surface area contributed by atoms with Crippen molar-refractivity contribution < 1.29 is 4.58 Å². The topological polar surface area (TPSA) is 6.25 Å². The van der Waals surface area contributed by atoms with Gasteiger partial charge < -0.3 is 4.90 Å². The number of allylic oxidation sites excluding steroid dienone is 8. The van der Waals surface area contributed by atoms with Crippen molar-refractivity contribution in [1.82, 2.24) is 0 Å². The Morgan fingerprint density at radius 2 is 1.32 bits per heavy atom. The van der Waals surface area contributed by atoms with Gasteiger partial charge in [-0.15, -0.1) is 0 Å². The van der Waals surface area contributed by atoms with E-state index in [0.717, 1.165) is 37.4 Å². The van der Waals surface area contributed by atoms with Gasteiger partial charge in [-0.25, -0.2) is 0 Å². The van der Waals surface area contributed by atoms with Gasteiger partial charge in [0.05, 0.1) is 5.41 Å². The van der Waals surface area contributed by atoms with Gasteiger partial charge in [0, 0.05) is 51.6 Å². The highest BCUT2D eigenvalue weighted by Gasteiger charge is 2.44. The Kier molecular flexibility index (Phi) is 8.41. The highest BCUT2D eigenvalue weighted by atomic mass is 35.5. The van der Waals surface area contributed by atoms with Gasteiger partial charge in [-0.2, -0.15) is 4.58 Å². The zero-order valence-corrected chi connectivity index (χ0v) is 28.8. The third-order valence-electron chi connectivity index (χ3n) is 10.3. The Bertz CT molecular complexity index is 1950. The number of anilines is 1. The fourth-order valence-electron chi connectivity index (χ4n) is 7.72. The molecule has 2 aliphatic heterocycles. The molecule has 0 saturated heterocycles. The monoisotopic (exact) mass is 635 g/mol. The number of hydrogen-bond acceptors (Lipinski definition) is 1. The van der Waals surface area contributed by atoms with Crippen LogP contribution in [0.4, 0.5) is 11.4 Å². The van der Waals surface area contributed by atoms with Crippen molar-refractivity contribution in [2.75, 3.05) is 4.90 Å². The zero-order chi connectivity index (χ0) is 32.6. The standard InChI is InChI=1S/C44H44ClN2/c1-43(2)36-22-11-13-24-38(36)46(30-32-16-7-5-8-17-32)40(43)28-26-34-20-15-21-35(42(34)45)27-29-41-44(3,4)37-23-12-14-25-39(37)47(41)31-33-18-9-6-10-19-33/h5-14,16-19,22-29H,15,20-21,30-31H2,1-4H3/q+1. The molecular formula is C44H44ClN2+. The normalized spacial score (nSPS) is 20.1. The predicted octanol–water partition coefficient (Wildman–Crippen LogP) is 11.3. The third kappa shape index (κ3) is 5.85. The molecule has 0 amide bonds. The molecule has 4 aromatic rings. The smallest absolute Gasteiger partial charge is 0.210 e. The Labute approximate surface area is 285 Å². The average molecular weight is 636 g/mol. The number of fused-ring (bicyclic) bond motifs is 2. The van der Waals surface area contributed by atoms with Crippen LogP contribution in [0.15, 0.2) is 155 Å². The summed E-state index contributed by atoms with van der Waals surface area (Å²) < 4.78 is 2.49. The molecule has 3 aliphatic rings. The molecule has 0 fully saturated rings. The van der Waals surface area contributed by atoms with Crippen LogP contribution in [0, 0.1) is 0 Å². The summed E-state index contributed by atoms with van der Waals surface area (Å²) in [5, 5.41) is 0.899. The molecule has 3 heteroatoms. The van der Waals surface area contributed by atoms with Gasteiger partial charge in [-0.05, 0) is 67.5 Å². The van der Waals surface area contributed by atoms with E-state index in [9.17, 15) is 0 Å². The molecule has 0 bridgehead atoms. The van der Waals surface area contributed by atoms with Crippen LogP contribution in [0.25, 0.3) is 0 Å². The molecule has 0 radical (unpaired) electrons. The van der Waals surface area contributed by atoms with Crippen LogP contribution in [0.5, 0.6) is 0 Å². The minimum absolute atomic E-state index is 0.113. The van der Waals surface area contributed by atoms with Crippen LogP contribution in [0.1, 0.15) is 69.2 Å². The van der Waals surface area contributed by atoms with Crippen molar-refractivity contribution in [3.63, 3.8) is 0 Å². The third-order valence-corrected chi connectivity index (χ3v) is 10.8. The maximum atomic E-state index is 7.27. The highest BCUT2D eigenvalue weighted by Crippen LogP contribution is 2.48. The molecule has 0 spiro atoms. The van der Waals surface area contributed by atoms with E-state index in [2.05, 4.69) is 171 Å². The van der Waals surface area contributed by atoms with Crippen LogP contribution < -0.4 is 4.90 Å². The maximum Gasteiger partial charge on any atom is 0.210 e. The Hall–Kier alpha value is -4.40. The minimum Gasteiger partial charge on any atom is -0.340 e. The first-order valence-electron chi connectivity index (χ1n) is 16.9. The summed E-state index contributed by atoms with van der Waals surface area (Å²) in [5.41, 5.74) is 12.7. The van der Waals surface area contributed by atoms with Crippen molar-refractivity contribution >= 4 is 28.7 Å². The number of benzene rings is 4. The van der Waals surface area contributed by atoms with Crippen molar-refractivity contribution in [2.45, 2.75) is 70.9 Å². The Morgan fingerprint density at radius 1 is 0.681 bits per heavy atom. The summed E-state index contributed by atoms with van der Waals surface area (Å²) in [4.78, 5) is 2.49. The van der Waals surface area contributed by atoms with Gasteiger partial charge in [-0.1, -0.05) is 135 Å². The van der Waals surface area contributed by atoms with E-state index >= 15 is 0 Å². The molecule has 0 atom stereocenters. The van der Waals surface area contributed by atoms with Gasteiger partial charge in [0.1, 0.15) is 0 Å². The first-order valence-corrected chi connectivity index (χ1v) is 17.3. The van der Waals surface area contributed by atoms with E-state index in [1.807, 2.05) is 0 Å². The number of hydrogen-bond donors (Lipinski definition) is 0. The molecule has 2 heterocycles. The molecule has 236 valence electrons. The first-order chi connectivity index (χ1) is 22.7. The van der Waals surface area contributed by atoms with Gasteiger partial charge in [0.15, 0.2) is 12.3 Å². The molecule has 47 heavy (non-hydrogen) atoms. The van der Waals surface area contributed by atoms with E-state index < -0.39 is 0 Å². The Morgan fingerprint density at radius 3 is 2.06 bits per heavy atom. The minimum atomic E-state index is -0.113. The van der Waals surface area contributed by atoms with Crippen molar-refractivity contribution in [2.24, 2.45) is 0 Å². The fraction of sp³-hybridized carbons (Fsp3) is 0.250. The lowest BCUT2D eigenvalue weighted by Gasteiger charge is -2.27. The van der Waals surface area contributed by atoms with Crippen LogP contribution in [-0.4, -0.2) is 10.3 Å². The van der Waals surface area contributed by atoms with Crippen molar-refractivity contribution in [3.8, 4) is 0 Å². The molecular weight excluding hydrogens is 592 g/mol. The van der Waals surface area contributed by atoms with Gasteiger partial charge >= 0.3 is 0 Å². The van der Waals surface area contributed by atoms with E-state index in [1.165, 1.54) is 56.2 Å². The average Bonchev–Trinajstić information content (AvgIpc) is 3.43. The molecule has 7 rings (SSSR count). The van der Waals surface area contributed by atoms with Crippen LogP contribution in [0.2, 0.25) is 0 Å². The Balaban J connectivity index is 1.24. The molecule has 0 aromatic heterocycles. The largest absolute Gasteiger partial charge is 0.340 e. The first kappa shape index (κ1) is 31.2. The van der Waals surface area contributed by atoms with Gasteiger partial charge in [-0.3, -0.25) is 0 Å². The van der Waals surface area contributed by atoms with Crippen molar-refractivity contribution in [3.05, 3.63) is 178 Å². The number of rotatable bonds is 7. The van der Waals surface area contributed by atoms with Gasteiger partial charge in [0.25, 0.3) is 0 Å². The van der Waals surface area contributed by atoms with Gasteiger partial charge in [0.2, 0.25) is 5.69 Å². The summed E-state index contributed by atoms with van der Waals surface area (Å²) in [6.45, 7) is 11.0. The van der Waals surface area contributed by atoms with Crippen LogP contribution in [0.3, 0.4) is 0 Å². The second-order valence-corrected chi connectivity index (χ2v) is 14.5. The predicted molar refractivity (Wildman–Crippen MR) is 199 cm³/mol. The summed E-state index contributed by atoms with van der Waals surface area (Å²) >= 11 is 7.27. The number of halogens is 1. The summed E-state index contributed by atoms with van der Waals surface area (Å²) in [6.07, 6.45) is 12.3. The second kappa shape index (κ2) is 12.7. The maximum absolute atomic E-state index is 7.27. The summed E-state index contributed by atoms with van der Waals surface area (Å²) in [7, 11) is 0. The lowest BCUT2D eigenvalue weighted by molar-refractivity contribution is -0.455. The van der Waals surface area contributed by atoms with Crippen molar-refractivity contribution in [1.29, 1.82) is 0 Å². The molecule has 2 nitrogen and oxygen atoms in total. The number of nitrogens with zero attached hydrogens (tertiary/aromatic N) is 2. The molecule has 0 N–H and O–H groups in total. The van der Waals surface area contributed by atoms with E-state index in [-0.39, 0.29) is 10.8 Å². The number of para-hydroxylation sites is 2. The van der Waals surface area contributed by atoms with Crippen LogP contribution in [-0.2, 0) is 23.9 Å².